The molecule has 98 valence electrons. The van der Waals surface area contributed by atoms with Crippen LogP contribution >= 0.6 is 0 Å². The number of anilines is 1. The van der Waals surface area contributed by atoms with Crippen molar-refractivity contribution in [3.05, 3.63) is 17.7 Å². The first kappa shape index (κ1) is 12.7. The summed E-state index contributed by atoms with van der Waals surface area (Å²) >= 11 is 0. The Morgan fingerprint density at radius 3 is 2.61 bits per heavy atom. The van der Waals surface area contributed by atoms with Crippen LogP contribution in [0.4, 0.5) is 5.69 Å². The third-order valence-electron chi connectivity index (χ3n) is 2.61. The maximum atomic E-state index is 11.8. The molecule has 1 heterocycles. The van der Waals surface area contributed by atoms with Gasteiger partial charge in [-0.1, -0.05) is 0 Å². The summed E-state index contributed by atoms with van der Waals surface area (Å²) in [6.45, 7) is 5.77. The lowest BCUT2D eigenvalue weighted by atomic mass is 10.0. The molecule has 0 bridgehead atoms. The van der Waals surface area contributed by atoms with Gasteiger partial charge in [0.2, 0.25) is 12.7 Å². The Kier molecular flexibility index (Phi) is 3.17. The van der Waals surface area contributed by atoms with E-state index in [4.69, 9.17) is 15.2 Å². The van der Waals surface area contributed by atoms with E-state index in [-0.39, 0.29) is 19.1 Å². The Morgan fingerprint density at radius 1 is 1.39 bits per heavy atom. The number of carbonyl (C=O) groups is 1. The molecule has 0 radical (unpaired) electrons. The van der Waals surface area contributed by atoms with Gasteiger partial charge in [0.15, 0.2) is 11.5 Å². The highest BCUT2D eigenvalue weighted by atomic mass is 16.7. The average molecular weight is 250 g/mol. The van der Waals surface area contributed by atoms with Gasteiger partial charge in [0, 0.05) is 23.7 Å². The van der Waals surface area contributed by atoms with Crippen LogP contribution in [-0.4, -0.2) is 18.2 Å². The highest BCUT2D eigenvalue weighted by Gasteiger charge is 2.19. The molecule has 5 nitrogen and oxygen atoms in total. The molecule has 0 saturated heterocycles. The van der Waals surface area contributed by atoms with E-state index in [1.807, 2.05) is 26.8 Å². The Balaban J connectivity index is 2.12. The van der Waals surface area contributed by atoms with E-state index in [2.05, 4.69) is 5.32 Å². The fourth-order valence-corrected chi connectivity index (χ4v) is 1.79. The number of amides is 1. The summed E-state index contributed by atoms with van der Waals surface area (Å²) in [6.07, 6.45) is 0.265. The number of rotatable bonds is 3. The van der Waals surface area contributed by atoms with Crippen LogP contribution < -0.4 is 20.5 Å². The van der Waals surface area contributed by atoms with E-state index in [0.29, 0.717) is 11.5 Å². The van der Waals surface area contributed by atoms with Gasteiger partial charge in [-0.25, -0.2) is 0 Å². The number of benzene rings is 1. The Hall–Kier alpha value is -1.75. The molecular weight excluding hydrogens is 232 g/mol. The molecule has 0 spiro atoms. The summed E-state index contributed by atoms with van der Waals surface area (Å²) < 4.78 is 10.5. The van der Waals surface area contributed by atoms with Crippen molar-refractivity contribution < 1.29 is 14.3 Å². The van der Waals surface area contributed by atoms with Crippen LogP contribution in [0, 0.1) is 6.92 Å². The number of fused-ring (bicyclic) bond motifs is 1. The lowest BCUT2D eigenvalue weighted by Gasteiger charge is -2.18. The predicted octanol–water partition coefficient (Wildman–Crippen LogP) is 1.79. The summed E-state index contributed by atoms with van der Waals surface area (Å²) in [4.78, 5) is 11.8. The zero-order chi connectivity index (χ0) is 13.3. The molecule has 5 heteroatoms. The van der Waals surface area contributed by atoms with Crippen molar-refractivity contribution in [2.45, 2.75) is 32.7 Å². The highest BCUT2D eigenvalue weighted by Crippen LogP contribution is 2.36. The molecule has 0 unspecified atom stereocenters. The van der Waals surface area contributed by atoms with Crippen LogP contribution in [0.1, 0.15) is 25.8 Å². The topological polar surface area (TPSA) is 73.6 Å². The number of hydrogen-bond donors (Lipinski definition) is 2. The molecule has 2 rings (SSSR count). The number of nitrogens with one attached hydrogen (secondary N) is 1. The minimum Gasteiger partial charge on any atom is -0.454 e. The summed E-state index contributed by atoms with van der Waals surface area (Å²) in [6, 6.07) is 3.63. The lowest BCUT2D eigenvalue weighted by Crippen LogP contribution is -2.36. The zero-order valence-corrected chi connectivity index (χ0v) is 10.9. The van der Waals surface area contributed by atoms with Crippen molar-refractivity contribution in [1.29, 1.82) is 0 Å². The van der Waals surface area contributed by atoms with Crippen LogP contribution in [0.5, 0.6) is 11.5 Å². The second-order valence-corrected chi connectivity index (χ2v) is 5.23. The number of nitrogens with two attached hydrogens (primary N) is 1. The second kappa shape index (κ2) is 4.49. The van der Waals surface area contributed by atoms with Crippen molar-refractivity contribution in [1.82, 2.24) is 0 Å². The van der Waals surface area contributed by atoms with Gasteiger partial charge in [-0.15, -0.1) is 0 Å². The van der Waals surface area contributed by atoms with E-state index < -0.39 is 5.54 Å². The van der Waals surface area contributed by atoms with Gasteiger partial charge >= 0.3 is 0 Å². The molecule has 0 atom stereocenters. The molecule has 0 aromatic heterocycles. The lowest BCUT2D eigenvalue weighted by molar-refractivity contribution is -0.117. The molecule has 1 aromatic carbocycles. The van der Waals surface area contributed by atoms with E-state index in [1.165, 1.54) is 0 Å². The van der Waals surface area contributed by atoms with E-state index in [9.17, 15) is 4.79 Å². The van der Waals surface area contributed by atoms with Gasteiger partial charge in [0.25, 0.3) is 0 Å². The minimum absolute atomic E-state index is 0.107. The van der Waals surface area contributed by atoms with Gasteiger partial charge in [0.05, 0.1) is 0 Å². The van der Waals surface area contributed by atoms with Crippen LogP contribution in [-0.2, 0) is 4.79 Å². The van der Waals surface area contributed by atoms with Crippen LogP contribution in [0.25, 0.3) is 0 Å². The molecule has 3 N–H and O–H groups in total. The third kappa shape index (κ3) is 2.92. The van der Waals surface area contributed by atoms with Crippen molar-refractivity contribution in [2.24, 2.45) is 5.73 Å². The fourth-order valence-electron chi connectivity index (χ4n) is 1.79. The van der Waals surface area contributed by atoms with Gasteiger partial charge in [-0.3, -0.25) is 4.79 Å². The maximum Gasteiger partial charge on any atom is 0.231 e. The number of ether oxygens (including phenoxy) is 2. The zero-order valence-electron chi connectivity index (χ0n) is 10.9. The predicted molar refractivity (Wildman–Crippen MR) is 68.8 cm³/mol. The number of hydrogen-bond acceptors (Lipinski definition) is 4. The Labute approximate surface area is 106 Å². The SMILES string of the molecule is Cc1cc2c(cc1NC(=O)CC(C)(C)N)OCO2. The number of carbonyl (C=O) groups excluding carboxylic acids is 1. The summed E-state index contributed by atoms with van der Waals surface area (Å²) in [5.74, 6) is 1.26. The summed E-state index contributed by atoms with van der Waals surface area (Å²) in [5.41, 5.74) is 6.96. The monoisotopic (exact) mass is 250 g/mol. The molecule has 1 aliphatic rings. The molecular formula is C13H18N2O3. The average Bonchev–Trinajstić information content (AvgIpc) is 2.62. The van der Waals surface area contributed by atoms with E-state index in [1.54, 1.807) is 6.07 Å². The van der Waals surface area contributed by atoms with Crippen molar-refractivity contribution in [2.75, 3.05) is 12.1 Å². The van der Waals surface area contributed by atoms with Crippen LogP contribution in [0.3, 0.4) is 0 Å². The smallest absolute Gasteiger partial charge is 0.231 e. The number of aryl methyl sites for hydroxylation is 1. The van der Waals surface area contributed by atoms with E-state index >= 15 is 0 Å². The molecule has 0 aliphatic carbocycles. The van der Waals surface area contributed by atoms with Crippen LogP contribution in [0.15, 0.2) is 12.1 Å². The third-order valence-corrected chi connectivity index (χ3v) is 2.61. The van der Waals surface area contributed by atoms with E-state index in [0.717, 1.165) is 11.3 Å². The largest absolute Gasteiger partial charge is 0.454 e. The molecule has 1 amide bonds. The normalized spacial score (nSPS) is 13.6. The summed E-state index contributed by atoms with van der Waals surface area (Å²) in [7, 11) is 0. The standard InChI is InChI=1S/C13H18N2O3/c1-8-4-10-11(18-7-17-10)5-9(8)15-12(16)6-13(2,3)14/h4-5H,6-7,14H2,1-3H3,(H,15,16). The fraction of sp³-hybridized carbons (Fsp3) is 0.462. The van der Waals surface area contributed by atoms with Gasteiger partial charge in [-0.05, 0) is 32.4 Å². The van der Waals surface area contributed by atoms with Gasteiger partial charge < -0.3 is 20.5 Å². The maximum absolute atomic E-state index is 11.8. The van der Waals surface area contributed by atoms with Crippen molar-refractivity contribution in [3.8, 4) is 11.5 Å². The first-order valence-corrected chi connectivity index (χ1v) is 5.84. The van der Waals surface area contributed by atoms with Gasteiger partial charge in [-0.2, -0.15) is 0 Å². The van der Waals surface area contributed by atoms with Crippen LogP contribution in [0.2, 0.25) is 0 Å². The quantitative estimate of drug-likeness (QED) is 0.857. The Morgan fingerprint density at radius 2 is 2.00 bits per heavy atom. The summed E-state index contributed by atoms with van der Waals surface area (Å²) in [5, 5.41) is 2.84. The minimum atomic E-state index is -0.520. The van der Waals surface area contributed by atoms with Gasteiger partial charge in [0.1, 0.15) is 0 Å². The molecule has 1 aliphatic heterocycles. The molecule has 18 heavy (non-hydrogen) atoms. The van der Waals surface area contributed by atoms with Crippen molar-refractivity contribution in [3.63, 3.8) is 0 Å². The molecule has 1 aromatic rings. The van der Waals surface area contributed by atoms with Crippen molar-refractivity contribution >= 4 is 11.6 Å². The highest BCUT2D eigenvalue weighted by molar-refractivity contribution is 5.92. The molecule has 0 saturated carbocycles. The first-order chi connectivity index (χ1) is 8.35. The Bertz CT molecular complexity index is 478. The first-order valence-electron chi connectivity index (χ1n) is 5.84. The molecule has 0 fully saturated rings. The second-order valence-electron chi connectivity index (χ2n) is 5.23.